The van der Waals surface area contributed by atoms with Gasteiger partial charge in [-0.1, -0.05) is 181 Å². The summed E-state index contributed by atoms with van der Waals surface area (Å²) in [5.41, 5.74) is 6.76. The molecule has 0 amide bonds. The first-order chi connectivity index (χ1) is 31.9. The van der Waals surface area contributed by atoms with Crippen LogP contribution in [0.25, 0.3) is 84.5 Å². The fraction of sp³-hybridized carbons (Fsp3) is 0. The molecule has 0 saturated heterocycles. The van der Waals surface area contributed by atoms with Gasteiger partial charge >= 0.3 is 34.5 Å². The number of nitrogens with zero attached hydrogens (tertiary/aromatic N) is 4. The molecule has 8 bridgehead atoms. The molecule has 5 heterocycles. The minimum absolute atomic E-state index is 0.332. The van der Waals surface area contributed by atoms with Crippen molar-refractivity contribution >= 4 is 280 Å². The number of aromatic nitrogens is 4. The predicted molar refractivity (Wildman–Crippen MR) is 313 cm³/mol. The van der Waals surface area contributed by atoms with Crippen LogP contribution in [-0.2, 0) is 15.1 Å². The number of fused-ring (bicyclic) bond motifs is 8. The van der Waals surface area contributed by atoms with E-state index < -0.39 is 0 Å². The van der Waals surface area contributed by atoms with Crippen molar-refractivity contribution in [3.8, 4) is 44.5 Å². The molecule has 3 aromatic heterocycles. The third-order valence-electron chi connectivity index (χ3n) is 10.1. The Kier molecular flexibility index (Phi) is 18.1. The van der Waals surface area contributed by atoms with E-state index in [1.165, 1.54) is 0 Å². The molecule has 4 aromatic carbocycles. The maximum absolute atomic E-state index is 7.11. The first-order valence-corrected chi connectivity index (χ1v) is 31.9. The zero-order valence-electron chi connectivity index (χ0n) is 31.9. The van der Waals surface area contributed by atoms with Gasteiger partial charge in [0, 0.05) is 80.3 Å². The van der Waals surface area contributed by atoms with Gasteiger partial charge in [-0.3, -0.25) is 0 Å². The van der Waals surface area contributed by atoms with Crippen LogP contribution in [0.1, 0.15) is 22.8 Å². The molecule has 2 aliphatic heterocycles. The van der Waals surface area contributed by atoms with Gasteiger partial charge in [-0.15, -0.1) is 22.1 Å². The molecular weight excluding hydrogens is 1680 g/mol. The zero-order valence-corrected chi connectivity index (χ0v) is 53.9. The van der Waals surface area contributed by atoms with Crippen molar-refractivity contribution in [3.05, 3.63) is 154 Å². The molecule has 0 radical (unpaired) electrons. The van der Waals surface area contributed by atoms with E-state index in [2.05, 4.69) is 127 Å². The molecule has 0 spiro atoms. The zero-order chi connectivity index (χ0) is 48.5. The van der Waals surface area contributed by atoms with Gasteiger partial charge in [0.25, 0.3) is 0 Å². The fourth-order valence-corrected chi connectivity index (χ4v) is 13.5. The van der Waals surface area contributed by atoms with E-state index in [1.807, 2.05) is 0 Å². The van der Waals surface area contributed by atoms with E-state index in [4.69, 9.17) is 132 Å². The van der Waals surface area contributed by atoms with Crippen molar-refractivity contribution in [1.29, 1.82) is 0 Å². The van der Waals surface area contributed by atoms with Gasteiger partial charge < -0.3 is 9.97 Å². The predicted octanol–water partition coefficient (Wildman–Crippen LogP) is 23.1. The van der Waals surface area contributed by atoms with Crippen molar-refractivity contribution in [3.63, 3.8) is 0 Å². The first kappa shape index (κ1) is 54.1. The Morgan fingerprint density at radius 1 is 0.313 bits per heavy atom. The summed E-state index contributed by atoms with van der Waals surface area (Å²) in [6, 6.07) is 21.0. The Bertz CT molecular complexity index is 3000. The summed E-state index contributed by atoms with van der Waals surface area (Å²) in [6.45, 7) is 0. The molecule has 0 atom stereocenters. The second-order valence-corrected chi connectivity index (χ2v) is 25.9. The summed E-state index contributed by atoms with van der Waals surface area (Å²) in [6.07, 6.45) is 0. The summed E-state index contributed by atoms with van der Waals surface area (Å²) in [4.78, 5) is 21.6. The maximum atomic E-state index is 7.11. The Labute approximate surface area is 505 Å². The first-order valence-electron chi connectivity index (χ1n) is 18.1. The number of hydrogen-bond acceptors (Lipinski definition) is 2. The molecule has 23 heteroatoms. The number of rotatable bonds is 4. The standard InChI is InChI=1S/C44H12Br8Cl8N4.2ClH.Ru/c45-29-31(47)39-26(22-15(55)7-2-8-16(22)56)41-33(49)35(51)43(63-41)28(24-19(59)11-4-12-20(24)60)44-36(52)34(50)42(64-44)27(23-17(57)9-3-10-18(23)58)40-32(48)30(46)38(62-40)25(37(29)61-39)21-13(53)5-1-6-14(21)54;;;/h1-12H;2*1H;/q-2;;;+4/p-2. The quantitative estimate of drug-likeness (QED) is 0.165. The number of halogens is 18. The number of hydrogen-bond donors (Lipinski definition) is 0. The Morgan fingerprint density at radius 2 is 0.478 bits per heavy atom. The van der Waals surface area contributed by atoms with E-state index in [1.54, 1.807) is 72.8 Å². The van der Waals surface area contributed by atoms with Gasteiger partial charge in [0.05, 0.1) is 40.7 Å². The Balaban J connectivity index is 0.00000198. The van der Waals surface area contributed by atoms with Crippen molar-refractivity contribution in [2.45, 2.75) is 0 Å². The van der Waals surface area contributed by atoms with Crippen molar-refractivity contribution in [2.75, 3.05) is 0 Å². The van der Waals surface area contributed by atoms with E-state index in [-0.39, 0.29) is 15.1 Å². The average Bonchev–Trinajstić information content (AvgIpc) is 3.94. The molecular formula is C44H12Br8Cl10N4Ru. The molecule has 2 aliphatic rings. The van der Waals surface area contributed by atoms with Crippen LogP contribution in [0.3, 0.4) is 0 Å². The van der Waals surface area contributed by atoms with Crippen LogP contribution in [0, 0.1) is 0 Å². The van der Waals surface area contributed by atoms with Crippen LogP contribution in [0.4, 0.5) is 0 Å². The van der Waals surface area contributed by atoms with Crippen molar-refractivity contribution in [1.82, 2.24) is 19.9 Å². The van der Waals surface area contributed by atoms with Crippen LogP contribution >= 0.6 is 240 Å². The third kappa shape index (κ3) is 9.86. The Hall–Kier alpha value is 0.843. The van der Waals surface area contributed by atoms with Gasteiger partial charge in [-0.05, 0) is 135 Å². The van der Waals surface area contributed by atoms with Crippen LogP contribution in [0.15, 0.2) is 90.7 Å². The molecule has 67 heavy (non-hydrogen) atoms. The monoisotopic (exact) mass is 1680 g/mol. The van der Waals surface area contributed by atoms with Crippen LogP contribution in [0.2, 0.25) is 40.2 Å². The van der Waals surface area contributed by atoms with Gasteiger partial charge in [-0.25, -0.2) is 9.97 Å². The van der Waals surface area contributed by atoms with Gasteiger partial charge in [-0.2, -0.15) is 0 Å². The molecule has 0 unspecified atom stereocenters. The topological polar surface area (TPSA) is 54.0 Å². The normalized spacial score (nSPS) is 12.6. The molecule has 0 fully saturated rings. The van der Waals surface area contributed by atoms with Gasteiger partial charge in [0.15, 0.2) is 0 Å². The molecule has 4 nitrogen and oxygen atoms in total. The van der Waals surface area contributed by atoms with Crippen LogP contribution in [-0.4, -0.2) is 9.97 Å². The Morgan fingerprint density at radius 3 is 0.642 bits per heavy atom. The summed E-state index contributed by atoms with van der Waals surface area (Å²) >= 11 is 87.7. The van der Waals surface area contributed by atoms with Gasteiger partial charge in [0.1, 0.15) is 0 Å². The fourth-order valence-electron chi connectivity index (χ4n) is 7.34. The molecule has 7 aromatic rings. The van der Waals surface area contributed by atoms with E-state index in [9.17, 15) is 0 Å². The van der Waals surface area contributed by atoms with Crippen LogP contribution in [0.5, 0.6) is 0 Å². The molecule has 0 N–H and O–H groups in total. The summed E-state index contributed by atoms with van der Waals surface area (Å²) < 4.78 is 4.19. The molecule has 9 rings (SSSR count). The van der Waals surface area contributed by atoms with E-state index in [0.717, 1.165) is 0 Å². The SMILES string of the molecule is Clc1cccc(Cl)c1-c1c2nc(c(-c3c(Cl)cccc3Cl)c3[n-]c(c(Br)c3Br)c(-c3c(Cl)cccc3Cl)c3nc(c(-c4c(Cl)cccc4Cl)c4[n-]c1c(Br)c4Br)C(Br)=C3Br)C(Br)=C2Br.[Cl][Ru+2][Cl]. The average molecular weight is 1690 g/mol. The van der Waals surface area contributed by atoms with Crippen molar-refractivity contribution < 1.29 is 15.1 Å². The molecule has 342 valence electrons. The molecule has 0 saturated carbocycles. The number of benzene rings is 4. The summed E-state index contributed by atoms with van der Waals surface area (Å²) in [5, 5.41) is 2.65. The minimum atomic E-state index is -0.346. The van der Waals surface area contributed by atoms with Gasteiger partial charge in [0.2, 0.25) is 0 Å². The summed E-state index contributed by atoms with van der Waals surface area (Å²) in [5.74, 6) is 0. The third-order valence-corrected chi connectivity index (χ3v) is 20.9. The second kappa shape index (κ2) is 22.4. The second-order valence-electron chi connectivity index (χ2n) is 13.7. The summed E-state index contributed by atoms with van der Waals surface area (Å²) in [7, 11) is 9.71. The van der Waals surface area contributed by atoms with Crippen LogP contribution < -0.4 is 9.97 Å². The van der Waals surface area contributed by atoms with E-state index >= 15 is 0 Å². The molecule has 0 aliphatic carbocycles. The van der Waals surface area contributed by atoms with E-state index in [0.29, 0.717) is 165 Å². The van der Waals surface area contributed by atoms with Crippen molar-refractivity contribution in [2.24, 2.45) is 0 Å².